The maximum absolute atomic E-state index is 4.59. The Bertz CT molecular complexity index is 982. The predicted molar refractivity (Wildman–Crippen MR) is 99.3 cm³/mol. The molecule has 0 aliphatic rings. The molecule has 0 fully saturated rings. The number of nitrogens with zero attached hydrogens (tertiary/aromatic N) is 3. The van der Waals surface area contributed by atoms with Crippen molar-refractivity contribution >= 4 is 22.0 Å². The summed E-state index contributed by atoms with van der Waals surface area (Å²) >= 11 is 0. The van der Waals surface area contributed by atoms with Gasteiger partial charge in [-0.15, -0.1) is 0 Å². The molecule has 0 amide bonds. The maximum Gasteiger partial charge on any atom is 0.0797 e. The SMILES string of the molecule is CCCCNc1cc2cc(-c3nccc4ccccc34)cnn2c1. The summed E-state index contributed by atoms with van der Waals surface area (Å²) in [5, 5.41) is 10.3. The van der Waals surface area contributed by atoms with Crippen LogP contribution in [0.4, 0.5) is 5.69 Å². The van der Waals surface area contributed by atoms with Crippen molar-refractivity contribution in [1.29, 1.82) is 0 Å². The van der Waals surface area contributed by atoms with Crippen LogP contribution in [0.3, 0.4) is 0 Å². The lowest BCUT2D eigenvalue weighted by atomic mass is 10.1. The van der Waals surface area contributed by atoms with E-state index in [2.05, 4.69) is 52.7 Å². The van der Waals surface area contributed by atoms with Crippen molar-refractivity contribution in [2.45, 2.75) is 19.8 Å². The fourth-order valence-corrected chi connectivity index (χ4v) is 2.98. The summed E-state index contributed by atoms with van der Waals surface area (Å²) in [6.07, 6.45) is 8.14. The lowest BCUT2D eigenvalue weighted by Gasteiger charge is -2.05. The number of unbranched alkanes of at least 4 members (excludes halogenated alkanes) is 1. The molecule has 0 saturated heterocycles. The number of benzene rings is 1. The van der Waals surface area contributed by atoms with E-state index < -0.39 is 0 Å². The lowest BCUT2D eigenvalue weighted by molar-refractivity contribution is 0.833. The highest BCUT2D eigenvalue weighted by atomic mass is 15.2. The summed E-state index contributed by atoms with van der Waals surface area (Å²) in [5.41, 5.74) is 4.20. The Morgan fingerprint density at radius 1 is 1.12 bits per heavy atom. The number of fused-ring (bicyclic) bond motifs is 2. The molecule has 4 aromatic rings. The van der Waals surface area contributed by atoms with Crippen LogP contribution in [0.5, 0.6) is 0 Å². The molecule has 4 nitrogen and oxygen atoms in total. The second kappa shape index (κ2) is 6.32. The Hall–Kier alpha value is -2.88. The summed E-state index contributed by atoms with van der Waals surface area (Å²) < 4.78 is 1.91. The first-order chi connectivity index (χ1) is 11.8. The zero-order valence-electron chi connectivity index (χ0n) is 13.7. The molecule has 1 N–H and O–H groups in total. The van der Waals surface area contributed by atoms with Crippen molar-refractivity contribution in [2.75, 3.05) is 11.9 Å². The highest BCUT2D eigenvalue weighted by Gasteiger charge is 2.08. The average molecular weight is 316 g/mol. The summed E-state index contributed by atoms with van der Waals surface area (Å²) in [5.74, 6) is 0. The molecule has 0 aliphatic heterocycles. The van der Waals surface area contributed by atoms with Gasteiger partial charge in [-0.2, -0.15) is 5.10 Å². The molecule has 24 heavy (non-hydrogen) atoms. The lowest BCUT2D eigenvalue weighted by Crippen LogP contribution is -1.99. The van der Waals surface area contributed by atoms with Gasteiger partial charge in [-0.3, -0.25) is 4.98 Å². The van der Waals surface area contributed by atoms with Gasteiger partial charge < -0.3 is 5.32 Å². The molecule has 0 atom stereocenters. The molecular formula is C20H20N4. The van der Waals surface area contributed by atoms with Crippen molar-refractivity contribution in [1.82, 2.24) is 14.6 Å². The minimum absolute atomic E-state index is 0.977. The number of pyridine rings is 1. The summed E-state index contributed by atoms with van der Waals surface area (Å²) in [6.45, 7) is 3.19. The van der Waals surface area contributed by atoms with Crippen LogP contribution in [0.15, 0.2) is 61.1 Å². The van der Waals surface area contributed by atoms with E-state index in [1.54, 1.807) is 0 Å². The number of hydrogen-bond donors (Lipinski definition) is 1. The third-order valence-corrected chi connectivity index (χ3v) is 4.26. The minimum Gasteiger partial charge on any atom is -0.384 e. The van der Waals surface area contributed by atoms with E-state index in [9.17, 15) is 0 Å². The van der Waals surface area contributed by atoms with E-state index in [1.807, 2.05) is 35.2 Å². The van der Waals surface area contributed by atoms with Gasteiger partial charge in [0.1, 0.15) is 0 Å². The number of aromatic nitrogens is 3. The van der Waals surface area contributed by atoms with Crippen LogP contribution in [0.2, 0.25) is 0 Å². The zero-order chi connectivity index (χ0) is 16.4. The van der Waals surface area contributed by atoms with E-state index in [0.717, 1.165) is 34.4 Å². The van der Waals surface area contributed by atoms with E-state index in [-0.39, 0.29) is 0 Å². The second-order valence-corrected chi connectivity index (χ2v) is 6.00. The van der Waals surface area contributed by atoms with Crippen LogP contribution in [0, 0.1) is 0 Å². The van der Waals surface area contributed by atoms with Crippen molar-refractivity contribution in [3.05, 3.63) is 61.1 Å². The first-order valence-electron chi connectivity index (χ1n) is 8.41. The highest BCUT2D eigenvalue weighted by molar-refractivity contribution is 5.94. The molecule has 1 aromatic carbocycles. The van der Waals surface area contributed by atoms with Crippen LogP contribution in [0.25, 0.3) is 27.5 Å². The smallest absolute Gasteiger partial charge is 0.0797 e. The van der Waals surface area contributed by atoms with Crippen molar-refractivity contribution in [2.24, 2.45) is 0 Å². The summed E-state index contributed by atoms with van der Waals surface area (Å²) in [4.78, 5) is 4.59. The first kappa shape index (κ1) is 14.7. The average Bonchev–Trinajstić information content (AvgIpc) is 3.03. The molecule has 0 unspecified atom stereocenters. The van der Waals surface area contributed by atoms with Gasteiger partial charge in [-0.1, -0.05) is 37.6 Å². The van der Waals surface area contributed by atoms with E-state index in [1.165, 1.54) is 18.2 Å². The molecular weight excluding hydrogens is 296 g/mol. The standard InChI is InChI=1S/C20H20N4/c1-2-3-9-21-17-12-18-11-16(13-23-24(18)14-17)20-19-7-5-4-6-15(19)8-10-22-20/h4-8,10-14,21H,2-3,9H2,1H3. The largest absolute Gasteiger partial charge is 0.384 e. The Kier molecular flexibility index (Phi) is 3.87. The van der Waals surface area contributed by atoms with Gasteiger partial charge in [0.2, 0.25) is 0 Å². The van der Waals surface area contributed by atoms with E-state index in [0.29, 0.717) is 0 Å². The molecule has 3 aromatic heterocycles. The molecule has 3 heterocycles. The zero-order valence-corrected chi connectivity index (χ0v) is 13.7. The molecule has 4 heteroatoms. The second-order valence-electron chi connectivity index (χ2n) is 6.00. The van der Waals surface area contributed by atoms with Gasteiger partial charge in [0.05, 0.1) is 29.3 Å². The van der Waals surface area contributed by atoms with E-state index in [4.69, 9.17) is 0 Å². The highest BCUT2D eigenvalue weighted by Crippen LogP contribution is 2.27. The molecule has 0 aliphatic carbocycles. The molecule has 0 radical (unpaired) electrons. The molecule has 4 rings (SSSR count). The number of hydrogen-bond acceptors (Lipinski definition) is 3. The van der Waals surface area contributed by atoms with Crippen LogP contribution in [-0.4, -0.2) is 21.1 Å². The minimum atomic E-state index is 0.977. The van der Waals surface area contributed by atoms with Gasteiger partial charge in [-0.25, -0.2) is 4.52 Å². The normalized spacial score (nSPS) is 11.2. The van der Waals surface area contributed by atoms with Gasteiger partial charge in [0, 0.05) is 23.7 Å². The third-order valence-electron chi connectivity index (χ3n) is 4.26. The number of rotatable bonds is 5. The van der Waals surface area contributed by atoms with Crippen molar-refractivity contribution in [3.63, 3.8) is 0 Å². The summed E-state index contributed by atoms with van der Waals surface area (Å²) in [7, 11) is 0. The van der Waals surface area contributed by atoms with Gasteiger partial charge in [0.25, 0.3) is 0 Å². The van der Waals surface area contributed by atoms with Gasteiger partial charge >= 0.3 is 0 Å². The molecule has 0 bridgehead atoms. The third kappa shape index (κ3) is 2.71. The van der Waals surface area contributed by atoms with Crippen LogP contribution in [0.1, 0.15) is 19.8 Å². The fourth-order valence-electron chi connectivity index (χ4n) is 2.98. The predicted octanol–water partition coefficient (Wildman–Crippen LogP) is 4.76. The van der Waals surface area contributed by atoms with Gasteiger partial charge in [-0.05, 0) is 30.0 Å². The van der Waals surface area contributed by atoms with Crippen molar-refractivity contribution in [3.8, 4) is 11.3 Å². The quantitative estimate of drug-likeness (QED) is 0.540. The van der Waals surface area contributed by atoms with Crippen molar-refractivity contribution < 1.29 is 0 Å². The van der Waals surface area contributed by atoms with Crippen LogP contribution in [-0.2, 0) is 0 Å². The topological polar surface area (TPSA) is 42.2 Å². The molecule has 120 valence electrons. The van der Waals surface area contributed by atoms with Crippen LogP contribution >= 0.6 is 0 Å². The van der Waals surface area contributed by atoms with E-state index >= 15 is 0 Å². The maximum atomic E-state index is 4.59. The monoisotopic (exact) mass is 316 g/mol. The Morgan fingerprint density at radius 2 is 2.04 bits per heavy atom. The van der Waals surface area contributed by atoms with Crippen LogP contribution < -0.4 is 5.32 Å². The summed E-state index contributed by atoms with van der Waals surface area (Å²) in [6, 6.07) is 14.6. The fraction of sp³-hybridized carbons (Fsp3) is 0.200. The van der Waals surface area contributed by atoms with Gasteiger partial charge in [0.15, 0.2) is 0 Å². The first-order valence-corrected chi connectivity index (χ1v) is 8.41. The Labute approximate surface area is 141 Å². The number of anilines is 1. The molecule has 0 saturated carbocycles. The Morgan fingerprint density at radius 3 is 2.96 bits per heavy atom. The Balaban J connectivity index is 1.74. The number of nitrogens with one attached hydrogen (secondary N) is 1. The molecule has 0 spiro atoms.